The molecule has 8 heteroatoms. The Balaban J connectivity index is 1.99. The molecular formula is C17H12BrF3N2O2. The summed E-state index contributed by atoms with van der Waals surface area (Å²) in [6, 6.07) is 8.72. The largest absolute Gasteiger partial charge is 0.464 e. The zero-order valence-electron chi connectivity index (χ0n) is 13.0. The third-order valence-electron chi connectivity index (χ3n) is 3.68. The summed E-state index contributed by atoms with van der Waals surface area (Å²) in [6.07, 6.45) is -2.72. The number of fused-ring (bicyclic) bond motifs is 1. The maximum Gasteiger partial charge on any atom is 0.416 e. The molecule has 3 aromatic rings. The van der Waals surface area contributed by atoms with Crippen molar-refractivity contribution in [1.29, 1.82) is 0 Å². The highest BCUT2D eigenvalue weighted by atomic mass is 79.9. The predicted molar refractivity (Wildman–Crippen MR) is 89.3 cm³/mol. The van der Waals surface area contributed by atoms with Gasteiger partial charge in [-0.1, -0.05) is 6.07 Å². The van der Waals surface area contributed by atoms with E-state index in [-0.39, 0.29) is 5.69 Å². The molecule has 0 amide bonds. The standard InChI is InChI=1S/C17H12BrF3N2O2/c1-25-16(24)14-4-2-3-12(22-14)9-23-6-5-10-7-11(17(19,20)21)8-13(18)15(10)23/h2-8H,9H2,1H3. The van der Waals surface area contributed by atoms with E-state index in [2.05, 4.69) is 25.7 Å². The summed E-state index contributed by atoms with van der Waals surface area (Å²) in [5.41, 5.74) is 0.677. The number of esters is 1. The van der Waals surface area contributed by atoms with Crippen LogP contribution in [0.25, 0.3) is 10.9 Å². The Bertz CT molecular complexity index is 951. The van der Waals surface area contributed by atoms with Gasteiger partial charge in [0.25, 0.3) is 0 Å². The molecule has 0 saturated carbocycles. The third kappa shape index (κ3) is 3.53. The van der Waals surface area contributed by atoms with Gasteiger partial charge in [0.1, 0.15) is 5.69 Å². The van der Waals surface area contributed by atoms with Crippen LogP contribution in [0, 0.1) is 0 Å². The van der Waals surface area contributed by atoms with E-state index in [9.17, 15) is 18.0 Å². The van der Waals surface area contributed by atoms with Crippen LogP contribution in [0.3, 0.4) is 0 Å². The summed E-state index contributed by atoms with van der Waals surface area (Å²) >= 11 is 3.22. The molecule has 0 atom stereocenters. The Kier molecular flexibility index (Phi) is 4.55. The zero-order chi connectivity index (χ0) is 18.2. The second-order valence-corrected chi connectivity index (χ2v) is 6.20. The first-order chi connectivity index (χ1) is 11.8. The number of hydrogen-bond donors (Lipinski definition) is 0. The van der Waals surface area contributed by atoms with Crippen molar-refractivity contribution in [3.05, 3.63) is 64.0 Å². The Labute approximate surface area is 149 Å². The van der Waals surface area contributed by atoms with Gasteiger partial charge in [-0.05, 0) is 46.3 Å². The molecule has 0 radical (unpaired) electrons. The molecule has 2 aromatic heterocycles. The lowest BCUT2D eigenvalue weighted by atomic mass is 10.1. The van der Waals surface area contributed by atoms with E-state index in [1.54, 1.807) is 29.0 Å². The number of carbonyl (C=O) groups excluding carboxylic acids is 1. The molecule has 4 nitrogen and oxygen atoms in total. The molecular weight excluding hydrogens is 401 g/mol. The summed E-state index contributed by atoms with van der Waals surface area (Å²) in [4.78, 5) is 15.8. The molecule has 0 aliphatic carbocycles. The molecule has 3 rings (SSSR count). The minimum Gasteiger partial charge on any atom is -0.464 e. The molecule has 0 spiro atoms. The van der Waals surface area contributed by atoms with E-state index in [0.717, 1.165) is 12.1 Å². The number of ether oxygens (including phenoxy) is 1. The fourth-order valence-electron chi connectivity index (χ4n) is 2.55. The van der Waals surface area contributed by atoms with Crippen LogP contribution in [0.5, 0.6) is 0 Å². The van der Waals surface area contributed by atoms with Crippen molar-refractivity contribution in [3.63, 3.8) is 0 Å². The van der Waals surface area contributed by atoms with Crippen molar-refractivity contribution in [2.45, 2.75) is 12.7 Å². The molecule has 2 heterocycles. The second kappa shape index (κ2) is 6.51. The van der Waals surface area contributed by atoms with Crippen molar-refractivity contribution in [3.8, 4) is 0 Å². The first-order valence-corrected chi connectivity index (χ1v) is 7.98. The van der Waals surface area contributed by atoms with Crippen LogP contribution in [0.15, 0.2) is 47.1 Å². The Morgan fingerprint density at radius 3 is 2.72 bits per heavy atom. The summed E-state index contributed by atoms with van der Waals surface area (Å²) in [5, 5.41) is 0.464. The zero-order valence-corrected chi connectivity index (χ0v) is 14.6. The Morgan fingerprint density at radius 2 is 2.04 bits per heavy atom. The van der Waals surface area contributed by atoms with E-state index in [1.165, 1.54) is 13.2 Å². The van der Waals surface area contributed by atoms with Crippen molar-refractivity contribution < 1.29 is 22.7 Å². The number of pyridine rings is 1. The van der Waals surface area contributed by atoms with Gasteiger partial charge in [-0.2, -0.15) is 13.2 Å². The van der Waals surface area contributed by atoms with Crippen molar-refractivity contribution in [2.24, 2.45) is 0 Å². The highest BCUT2D eigenvalue weighted by Gasteiger charge is 2.31. The van der Waals surface area contributed by atoms with E-state index in [4.69, 9.17) is 0 Å². The Morgan fingerprint density at radius 1 is 1.28 bits per heavy atom. The van der Waals surface area contributed by atoms with Crippen LogP contribution in [-0.4, -0.2) is 22.6 Å². The SMILES string of the molecule is COC(=O)c1cccc(Cn2ccc3cc(C(F)(F)F)cc(Br)c32)n1. The van der Waals surface area contributed by atoms with Gasteiger partial charge in [-0.15, -0.1) is 0 Å². The number of hydrogen-bond acceptors (Lipinski definition) is 3. The van der Waals surface area contributed by atoms with Gasteiger partial charge < -0.3 is 9.30 Å². The third-order valence-corrected chi connectivity index (χ3v) is 4.28. The van der Waals surface area contributed by atoms with Crippen molar-refractivity contribution >= 4 is 32.8 Å². The van der Waals surface area contributed by atoms with Gasteiger partial charge in [0.2, 0.25) is 0 Å². The summed E-state index contributed by atoms with van der Waals surface area (Å²) in [5.74, 6) is -0.546. The number of benzene rings is 1. The summed E-state index contributed by atoms with van der Waals surface area (Å²) in [6.45, 7) is 0.304. The van der Waals surface area contributed by atoms with Gasteiger partial charge in [0.15, 0.2) is 0 Å². The molecule has 0 N–H and O–H groups in total. The molecule has 0 aliphatic rings. The molecule has 0 saturated heterocycles. The lowest BCUT2D eigenvalue weighted by Crippen LogP contribution is -2.08. The highest BCUT2D eigenvalue weighted by molar-refractivity contribution is 9.10. The van der Waals surface area contributed by atoms with Gasteiger partial charge in [0.05, 0.1) is 30.4 Å². The molecule has 25 heavy (non-hydrogen) atoms. The maximum absolute atomic E-state index is 12.9. The summed E-state index contributed by atoms with van der Waals surface area (Å²) in [7, 11) is 1.27. The number of rotatable bonds is 3. The quantitative estimate of drug-likeness (QED) is 0.588. The average molecular weight is 413 g/mol. The monoisotopic (exact) mass is 412 g/mol. The summed E-state index contributed by atoms with van der Waals surface area (Å²) < 4.78 is 45.5. The number of methoxy groups -OCH3 is 1. The van der Waals surface area contributed by atoms with Gasteiger partial charge >= 0.3 is 12.1 Å². The topological polar surface area (TPSA) is 44.1 Å². The average Bonchev–Trinajstić information content (AvgIpc) is 2.97. The minimum absolute atomic E-state index is 0.176. The molecule has 130 valence electrons. The number of alkyl halides is 3. The van der Waals surface area contributed by atoms with Crippen molar-refractivity contribution in [1.82, 2.24) is 9.55 Å². The molecule has 0 unspecified atom stereocenters. The number of halogens is 4. The molecule has 0 bridgehead atoms. The number of aromatic nitrogens is 2. The Hall–Kier alpha value is -2.35. The van der Waals surface area contributed by atoms with Gasteiger partial charge in [-0.25, -0.2) is 9.78 Å². The van der Waals surface area contributed by atoms with Crippen LogP contribution >= 0.6 is 15.9 Å². The van der Waals surface area contributed by atoms with E-state index < -0.39 is 17.7 Å². The molecule has 0 fully saturated rings. The fraction of sp³-hybridized carbons (Fsp3) is 0.176. The first-order valence-electron chi connectivity index (χ1n) is 7.19. The van der Waals surface area contributed by atoms with Crippen LogP contribution in [0.4, 0.5) is 13.2 Å². The highest BCUT2D eigenvalue weighted by Crippen LogP contribution is 2.35. The smallest absolute Gasteiger partial charge is 0.416 e. The number of carbonyl (C=O) groups is 1. The normalized spacial score (nSPS) is 11.7. The van der Waals surface area contributed by atoms with E-state index in [0.29, 0.717) is 27.6 Å². The van der Waals surface area contributed by atoms with Gasteiger partial charge in [-0.3, -0.25) is 0 Å². The van der Waals surface area contributed by atoms with Crippen molar-refractivity contribution in [2.75, 3.05) is 7.11 Å². The van der Waals surface area contributed by atoms with Gasteiger partial charge in [0, 0.05) is 16.1 Å². The lowest BCUT2D eigenvalue weighted by Gasteiger charge is -2.11. The lowest BCUT2D eigenvalue weighted by molar-refractivity contribution is -0.137. The van der Waals surface area contributed by atoms with Crippen LogP contribution in [0.2, 0.25) is 0 Å². The van der Waals surface area contributed by atoms with E-state index >= 15 is 0 Å². The second-order valence-electron chi connectivity index (χ2n) is 5.34. The molecule has 1 aromatic carbocycles. The van der Waals surface area contributed by atoms with Crippen LogP contribution < -0.4 is 0 Å². The first kappa shape index (κ1) is 17.5. The fourth-order valence-corrected chi connectivity index (χ4v) is 3.25. The number of nitrogens with zero attached hydrogens (tertiary/aromatic N) is 2. The van der Waals surface area contributed by atoms with Crippen LogP contribution in [-0.2, 0) is 17.5 Å². The van der Waals surface area contributed by atoms with Crippen LogP contribution in [0.1, 0.15) is 21.7 Å². The minimum atomic E-state index is -4.41. The maximum atomic E-state index is 12.9. The predicted octanol–water partition coefficient (Wildman–Crippen LogP) is 4.65. The van der Waals surface area contributed by atoms with E-state index in [1.807, 2.05) is 0 Å². The molecule has 0 aliphatic heterocycles.